The summed E-state index contributed by atoms with van der Waals surface area (Å²) >= 11 is 0. The summed E-state index contributed by atoms with van der Waals surface area (Å²) in [4.78, 5) is 22.2. The third-order valence-corrected chi connectivity index (χ3v) is 7.26. The van der Waals surface area contributed by atoms with E-state index in [1.54, 1.807) is 0 Å². The number of azide groups is 1. The molecule has 0 saturated heterocycles. The van der Waals surface area contributed by atoms with Gasteiger partial charge in [-0.1, -0.05) is 59.7 Å². The summed E-state index contributed by atoms with van der Waals surface area (Å²) < 4.78 is 12.2. The molecule has 3 aromatic carbocycles. The van der Waals surface area contributed by atoms with Gasteiger partial charge in [-0.3, -0.25) is 4.79 Å². The fraction of sp³-hybridized carbons (Fsp3) is 0.355. The lowest BCUT2D eigenvalue weighted by molar-refractivity contribution is -0.129. The second kappa shape index (κ2) is 12.7. The van der Waals surface area contributed by atoms with Crippen LogP contribution >= 0.6 is 0 Å². The van der Waals surface area contributed by atoms with E-state index in [1.165, 1.54) is 0 Å². The largest absolute Gasteiger partial charge is 0.494 e. The molecule has 0 bridgehead atoms. The highest BCUT2D eigenvalue weighted by Crippen LogP contribution is 2.43. The number of aliphatic hydroxyl groups is 1. The molecule has 1 amide bonds. The minimum absolute atomic E-state index is 0.0699. The van der Waals surface area contributed by atoms with E-state index in [2.05, 4.69) is 15.3 Å². The number of nitrogens with one attached hydrogen (secondary N) is 1. The fourth-order valence-corrected chi connectivity index (χ4v) is 4.90. The van der Waals surface area contributed by atoms with Gasteiger partial charge in [0.2, 0.25) is 5.90 Å². The maximum Gasteiger partial charge on any atom is 0.252 e. The fourth-order valence-electron chi connectivity index (χ4n) is 4.90. The molecule has 5 rings (SSSR count). The summed E-state index contributed by atoms with van der Waals surface area (Å²) in [6, 6.07) is 24.8. The van der Waals surface area contributed by atoms with Crippen molar-refractivity contribution in [3.8, 4) is 5.75 Å². The van der Waals surface area contributed by atoms with Gasteiger partial charge >= 0.3 is 0 Å². The topological polar surface area (TPSA) is 129 Å². The van der Waals surface area contributed by atoms with Gasteiger partial charge < -0.3 is 19.9 Å². The monoisotopic (exact) mass is 539 g/mol. The molecule has 0 spiro atoms. The van der Waals surface area contributed by atoms with Gasteiger partial charge in [0.25, 0.3) is 5.91 Å². The van der Waals surface area contributed by atoms with Gasteiger partial charge in [-0.25, -0.2) is 4.99 Å². The molecule has 1 aliphatic heterocycles. The molecule has 1 heterocycles. The number of nitrogens with zero attached hydrogens (tertiary/aromatic N) is 4. The van der Waals surface area contributed by atoms with Crippen molar-refractivity contribution >= 4 is 11.8 Å². The molecule has 2 N–H and O–H groups in total. The molecule has 1 saturated carbocycles. The number of amides is 1. The van der Waals surface area contributed by atoms with E-state index in [0.717, 1.165) is 35.1 Å². The number of hydrogen-bond acceptors (Lipinski definition) is 6. The molecule has 0 radical (unpaired) electrons. The summed E-state index contributed by atoms with van der Waals surface area (Å²) in [6.45, 7) is 1.27. The van der Waals surface area contributed by atoms with Gasteiger partial charge in [0.15, 0.2) is 11.6 Å². The Morgan fingerprint density at radius 2 is 1.80 bits per heavy atom. The van der Waals surface area contributed by atoms with Crippen molar-refractivity contribution in [3.63, 3.8) is 0 Å². The highest BCUT2D eigenvalue weighted by molar-refractivity contribution is 6.01. The van der Waals surface area contributed by atoms with Crippen molar-refractivity contribution in [2.45, 2.75) is 43.9 Å². The first kappa shape index (κ1) is 27.2. The number of ether oxygens (including phenoxy) is 2. The van der Waals surface area contributed by atoms with Crippen molar-refractivity contribution in [2.75, 3.05) is 19.8 Å². The normalized spacial score (nSPS) is 19.7. The van der Waals surface area contributed by atoms with Crippen molar-refractivity contribution in [2.24, 2.45) is 16.0 Å². The van der Waals surface area contributed by atoms with E-state index in [-0.39, 0.29) is 25.5 Å². The van der Waals surface area contributed by atoms with Crippen LogP contribution in [0.5, 0.6) is 5.75 Å². The van der Waals surface area contributed by atoms with Crippen molar-refractivity contribution in [1.82, 2.24) is 5.32 Å². The maximum absolute atomic E-state index is 14.2. The van der Waals surface area contributed by atoms with Crippen LogP contribution < -0.4 is 10.1 Å². The minimum atomic E-state index is -1.28. The molecule has 0 unspecified atom stereocenters. The van der Waals surface area contributed by atoms with Crippen LogP contribution in [0.1, 0.15) is 47.6 Å². The van der Waals surface area contributed by atoms with Gasteiger partial charge in [0.05, 0.1) is 13.2 Å². The number of benzene rings is 3. The molecule has 1 fully saturated rings. The van der Waals surface area contributed by atoms with Gasteiger partial charge in [0.1, 0.15) is 5.75 Å². The SMILES string of the molecule is [N-]=[N+]=NCc1ccccc1C[C@@]1(C(=O)NCC2CC2)N=C(c2ccc(OCCCO)cc2)O[C@@H]1c1ccccc1. The van der Waals surface area contributed by atoms with Gasteiger partial charge in [-0.05, 0) is 65.2 Å². The molecule has 9 nitrogen and oxygen atoms in total. The van der Waals surface area contributed by atoms with E-state index in [1.807, 2.05) is 78.9 Å². The zero-order chi connectivity index (χ0) is 27.8. The predicted molar refractivity (Wildman–Crippen MR) is 152 cm³/mol. The molecule has 1 aliphatic carbocycles. The van der Waals surface area contributed by atoms with E-state index in [4.69, 9.17) is 25.1 Å². The number of carbonyl (C=O) groups excluding carboxylic acids is 1. The zero-order valence-electron chi connectivity index (χ0n) is 22.3. The Balaban J connectivity index is 1.55. The van der Waals surface area contributed by atoms with Crippen molar-refractivity contribution in [3.05, 3.63) is 112 Å². The summed E-state index contributed by atoms with van der Waals surface area (Å²) in [7, 11) is 0. The quantitative estimate of drug-likeness (QED) is 0.132. The smallest absolute Gasteiger partial charge is 0.252 e. The van der Waals surface area contributed by atoms with Crippen LogP contribution in [0.3, 0.4) is 0 Å². The number of carbonyl (C=O) groups is 1. The average molecular weight is 540 g/mol. The van der Waals surface area contributed by atoms with E-state index < -0.39 is 11.6 Å². The van der Waals surface area contributed by atoms with Crippen molar-refractivity contribution < 1.29 is 19.4 Å². The molecule has 206 valence electrons. The molecule has 2 aliphatic rings. The second-order valence-corrected chi connectivity index (χ2v) is 10.2. The van der Waals surface area contributed by atoms with Crippen LogP contribution in [0, 0.1) is 5.92 Å². The van der Waals surface area contributed by atoms with Crippen LogP contribution in [0.25, 0.3) is 10.4 Å². The Morgan fingerprint density at radius 3 is 2.50 bits per heavy atom. The lowest BCUT2D eigenvalue weighted by atomic mass is 9.81. The van der Waals surface area contributed by atoms with Crippen molar-refractivity contribution in [1.29, 1.82) is 0 Å². The first-order valence-electron chi connectivity index (χ1n) is 13.6. The molecular weight excluding hydrogens is 506 g/mol. The van der Waals surface area contributed by atoms with Crippen LogP contribution in [0.4, 0.5) is 0 Å². The molecule has 0 aromatic heterocycles. The third kappa shape index (κ3) is 6.28. The van der Waals surface area contributed by atoms with E-state index in [0.29, 0.717) is 37.1 Å². The van der Waals surface area contributed by atoms with Gasteiger partial charge in [0, 0.05) is 36.5 Å². The standard InChI is InChI=1S/C31H33N5O4/c32-36-34-21-26-10-5-4-9-25(26)19-31(30(38)33-20-22-11-12-22)28(23-7-2-1-3-8-23)40-29(35-31)24-13-15-27(16-14-24)39-18-6-17-37/h1-5,7-10,13-16,22,28,37H,6,11-12,17-21H2,(H,33,38)/t28-,31-/m1/s1. The Kier molecular flexibility index (Phi) is 8.64. The van der Waals surface area contributed by atoms with Crippen LogP contribution in [0.15, 0.2) is 89.0 Å². The summed E-state index contributed by atoms with van der Waals surface area (Å²) in [5.41, 5.74) is 10.9. The Labute approximate surface area is 233 Å². The van der Waals surface area contributed by atoms with Gasteiger partial charge in [-0.15, -0.1) is 0 Å². The first-order chi connectivity index (χ1) is 19.6. The first-order valence-corrected chi connectivity index (χ1v) is 13.6. The minimum Gasteiger partial charge on any atom is -0.494 e. The van der Waals surface area contributed by atoms with Crippen LogP contribution in [-0.4, -0.2) is 42.2 Å². The summed E-state index contributed by atoms with van der Waals surface area (Å²) in [5.74, 6) is 1.36. The number of hydrogen-bond donors (Lipinski definition) is 2. The summed E-state index contributed by atoms with van der Waals surface area (Å²) in [5, 5.41) is 16.0. The Bertz CT molecular complexity index is 1380. The summed E-state index contributed by atoms with van der Waals surface area (Å²) in [6.07, 6.45) is 2.38. The number of rotatable bonds is 13. The number of aliphatic imine (C=N–C) groups is 1. The Hall–Kier alpha value is -4.33. The van der Waals surface area contributed by atoms with Crippen LogP contribution in [-0.2, 0) is 22.5 Å². The Morgan fingerprint density at radius 1 is 1.07 bits per heavy atom. The highest BCUT2D eigenvalue weighted by atomic mass is 16.5. The van der Waals surface area contributed by atoms with E-state index in [9.17, 15) is 4.79 Å². The molecule has 40 heavy (non-hydrogen) atoms. The maximum atomic E-state index is 14.2. The molecule has 2 atom stereocenters. The average Bonchev–Trinajstić information content (AvgIpc) is 3.75. The highest BCUT2D eigenvalue weighted by Gasteiger charge is 2.53. The lowest BCUT2D eigenvalue weighted by Gasteiger charge is -2.31. The molecule has 3 aromatic rings. The van der Waals surface area contributed by atoms with E-state index >= 15 is 0 Å². The number of aliphatic hydroxyl groups excluding tert-OH is 1. The molecular formula is C31H33N5O4. The predicted octanol–water partition coefficient (Wildman–Crippen LogP) is 5.28. The van der Waals surface area contributed by atoms with Gasteiger partial charge in [-0.2, -0.15) is 0 Å². The second-order valence-electron chi connectivity index (χ2n) is 10.2. The third-order valence-electron chi connectivity index (χ3n) is 7.26. The molecule has 9 heteroatoms. The zero-order valence-corrected chi connectivity index (χ0v) is 22.3. The lowest BCUT2D eigenvalue weighted by Crippen LogP contribution is -2.50. The van der Waals surface area contributed by atoms with Crippen LogP contribution in [0.2, 0.25) is 0 Å².